The van der Waals surface area contributed by atoms with E-state index in [0.717, 1.165) is 16.6 Å². The standard InChI is InChI=1S/C10H10N4S2/c1-2-6(5-11)16-10-13-8(12)7-3-4-15-9(7)14-10/h3-4,6H,2H2,1H3,(H2,12,13,14). The van der Waals surface area contributed by atoms with Crippen molar-refractivity contribution in [3.8, 4) is 6.07 Å². The van der Waals surface area contributed by atoms with Gasteiger partial charge in [-0.1, -0.05) is 18.7 Å². The van der Waals surface area contributed by atoms with Gasteiger partial charge in [-0.2, -0.15) is 5.26 Å². The van der Waals surface area contributed by atoms with Gasteiger partial charge in [0.05, 0.1) is 16.7 Å². The lowest BCUT2D eigenvalue weighted by molar-refractivity contribution is 0.956. The average molecular weight is 250 g/mol. The van der Waals surface area contributed by atoms with E-state index in [0.29, 0.717) is 11.0 Å². The minimum absolute atomic E-state index is 0.114. The van der Waals surface area contributed by atoms with Crippen LogP contribution in [0.25, 0.3) is 10.2 Å². The molecule has 2 aromatic heterocycles. The quantitative estimate of drug-likeness (QED) is 0.669. The van der Waals surface area contributed by atoms with Gasteiger partial charge in [0.2, 0.25) is 0 Å². The first-order chi connectivity index (χ1) is 7.74. The molecule has 2 N–H and O–H groups in total. The molecule has 4 nitrogen and oxygen atoms in total. The molecule has 1 atom stereocenters. The van der Waals surface area contributed by atoms with Crippen molar-refractivity contribution in [2.45, 2.75) is 23.8 Å². The van der Waals surface area contributed by atoms with Gasteiger partial charge >= 0.3 is 0 Å². The minimum atomic E-state index is -0.114. The van der Waals surface area contributed by atoms with E-state index in [2.05, 4.69) is 16.0 Å². The number of nitrogens with zero attached hydrogens (tertiary/aromatic N) is 3. The molecule has 0 saturated heterocycles. The Kier molecular flexibility index (Phi) is 3.27. The molecule has 0 spiro atoms. The largest absolute Gasteiger partial charge is 0.383 e. The van der Waals surface area contributed by atoms with Crippen molar-refractivity contribution in [3.05, 3.63) is 11.4 Å². The summed E-state index contributed by atoms with van der Waals surface area (Å²) in [7, 11) is 0. The summed E-state index contributed by atoms with van der Waals surface area (Å²) in [4.78, 5) is 9.44. The van der Waals surface area contributed by atoms with E-state index in [1.807, 2.05) is 18.4 Å². The van der Waals surface area contributed by atoms with Crippen molar-refractivity contribution >= 4 is 39.1 Å². The molecule has 0 aliphatic rings. The smallest absolute Gasteiger partial charge is 0.192 e. The van der Waals surface area contributed by atoms with E-state index >= 15 is 0 Å². The summed E-state index contributed by atoms with van der Waals surface area (Å²) < 4.78 is 0. The molecule has 0 bridgehead atoms. The molecule has 0 aliphatic heterocycles. The number of thioether (sulfide) groups is 1. The summed E-state index contributed by atoms with van der Waals surface area (Å²) in [6.45, 7) is 1.97. The SMILES string of the molecule is CCC(C#N)Sc1nc(N)c2ccsc2n1. The summed E-state index contributed by atoms with van der Waals surface area (Å²) in [6, 6.07) is 4.12. The maximum absolute atomic E-state index is 8.87. The van der Waals surface area contributed by atoms with Crippen LogP contribution >= 0.6 is 23.1 Å². The van der Waals surface area contributed by atoms with Crippen LogP contribution in [0.2, 0.25) is 0 Å². The third-order valence-electron chi connectivity index (χ3n) is 2.10. The zero-order valence-electron chi connectivity index (χ0n) is 8.67. The first-order valence-corrected chi connectivity index (χ1v) is 6.57. The number of hydrogen-bond donors (Lipinski definition) is 1. The molecule has 2 aromatic rings. The molecule has 16 heavy (non-hydrogen) atoms. The fourth-order valence-electron chi connectivity index (χ4n) is 1.24. The second-order valence-corrected chi connectivity index (χ2v) is 5.24. The van der Waals surface area contributed by atoms with Crippen LogP contribution in [0.4, 0.5) is 5.82 Å². The first kappa shape index (κ1) is 11.2. The summed E-state index contributed by atoms with van der Waals surface area (Å²) in [6.07, 6.45) is 0.771. The number of hydrogen-bond acceptors (Lipinski definition) is 6. The molecular formula is C10H10N4S2. The van der Waals surface area contributed by atoms with Gasteiger partial charge in [0.1, 0.15) is 10.6 Å². The number of aromatic nitrogens is 2. The number of nitrogen functional groups attached to an aromatic ring is 1. The van der Waals surface area contributed by atoms with Gasteiger partial charge < -0.3 is 5.73 Å². The Morgan fingerprint density at radius 3 is 3.12 bits per heavy atom. The second-order valence-electron chi connectivity index (χ2n) is 3.17. The average Bonchev–Trinajstić information content (AvgIpc) is 2.74. The third kappa shape index (κ3) is 2.10. The second kappa shape index (κ2) is 4.68. The highest BCUT2D eigenvalue weighted by Gasteiger charge is 2.12. The summed E-state index contributed by atoms with van der Waals surface area (Å²) in [5, 5.41) is 12.2. The van der Waals surface area contributed by atoms with Crippen LogP contribution in [0.15, 0.2) is 16.6 Å². The Balaban J connectivity index is 2.35. The van der Waals surface area contributed by atoms with Crippen molar-refractivity contribution in [2.24, 2.45) is 0 Å². The number of rotatable bonds is 3. The molecule has 0 fully saturated rings. The van der Waals surface area contributed by atoms with Crippen molar-refractivity contribution in [2.75, 3.05) is 5.73 Å². The Hall–Kier alpha value is -1.32. The molecule has 6 heteroatoms. The molecule has 82 valence electrons. The number of anilines is 1. The maximum Gasteiger partial charge on any atom is 0.192 e. The van der Waals surface area contributed by atoms with Gasteiger partial charge in [-0.25, -0.2) is 9.97 Å². The van der Waals surface area contributed by atoms with Crippen LogP contribution in [-0.2, 0) is 0 Å². The topological polar surface area (TPSA) is 75.6 Å². The van der Waals surface area contributed by atoms with Crippen LogP contribution in [0.5, 0.6) is 0 Å². The highest BCUT2D eigenvalue weighted by atomic mass is 32.2. The van der Waals surface area contributed by atoms with Crippen molar-refractivity contribution in [3.63, 3.8) is 0 Å². The minimum Gasteiger partial charge on any atom is -0.383 e. The van der Waals surface area contributed by atoms with E-state index in [9.17, 15) is 0 Å². The Bertz CT molecular complexity index is 543. The monoisotopic (exact) mass is 250 g/mol. The van der Waals surface area contributed by atoms with E-state index in [1.165, 1.54) is 23.1 Å². The van der Waals surface area contributed by atoms with Crippen LogP contribution in [0.3, 0.4) is 0 Å². The van der Waals surface area contributed by atoms with Gasteiger partial charge in [0.15, 0.2) is 5.16 Å². The lowest BCUT2D eigenvalue weighted by Gasteiger charge is -2.04. The van der Waals surface area contributed by atoms with E-state index in [4.69, 9.17) is 11.0 Å². The lowest BCUT2D eigenvalue weighted by atomic mass is 10.4. The predicted molar refractivity (Wildman–Crippen MR) is 67.4 cm³/mol. The highest BCUT2D eigenvalue weighted by molar-refractivity contribution is 8.00. The van der Waals surface area contributed by atoms with Crippen molar-refractivity contribution < 1.29 is 0 Å². The van der Waals surface area contributed by atoms with E-state index in [1.54, 1.807) is 0 Å². The molecule has 0 aliphatic carbocycles. The highest BCUT2D eigenvalue weighted by Crippen LogP contribution is 2.28. The predicted octanol–water partition coefficient (Wildman–Crippen LogP) is 2.67. The molecule has 0 amide bonds. The number of fused-ring (bicyclic) bond motifs is 1. The third-order valence-corrected chi connectivity index (χ3v) is 4.02. The van der Waals surface area contributed by atoms with Gasteiger partial charge in [-0.15, -0.1) is 11.3 Å². The van der Waals surface area contributed by atoms with Crippen LogP contribution < -0.4 is 5.73 Å². The zero-order chi connectivity index (χ0) is 11.5. The molecular weight excluding hydrogens is 240 g/mol. The maximum atomic E-state index is 8.87. The van der Waals surface area contributed by atoms with E-state index in [-0.39, 0.29) is 5.25 Å². The van der Waals surface area contributed by atoms with Gasteiger partial charge in [0, 0.05) is 0 Å². The summed E-state index contributed by atoms with van der Waals surface area (Å²) in [5.41, 5.74) is 5.82. The number of nitrogens with two attached hydrogens (primary N) is 1. The fourth-order valence-corrected chi connectivity index (χ4v) is 2.84. The lowest BCUT2D eigenvalue weighted by Crippen LogP contribution is -2.00. The first-order valence-electron chi connectivity index (χ1n) is 4.81. The van der Waals surface area contributed by atoms with Crippen LogP contribution in [0.1, 0.15) is 13.3 Å². The fraction of sp³-hybridized carbons (Fsp3) is 0.300. The summed E-state index contributed by atoms with van der Waals surface area (Å²) >= 11 is 2.90. The van der Waals surface area contributed by atoms with Crippen molar-refractivity contribution in [1.82, 2.24) is 9.97 Å². The number of thiophene rings is 1. The molecule has 0 radical (unpaired) electrons. The normalized spacial score (nSPS) is 12.5. The van der Waals surface area contributed by atoms with Gasteiger partial charge in [0.25, 0.3) is 0 Å². The van der Waals surface area contributed by atoms with Crippen LogP contribution in [-0.4, -0.2) is 15.2 Å². The molecule has 0 aromatic carbocycles. The zero-order valence-corrected chi connectivity index (χ0v) is 10.3. The van der Waals surface area contributed by atoms with Gasteiger partial charge in [-0.3, -0.25) is 0 Å². The van der Waals surface area contributed by atoms with Crippen molar-refractivity contribution in [1.29, 1.82) is 5.26 Å². The molecule has 2 rings (SSSR count). The van der Waals surface area contributed by atoms with Gasteiger partial charge in [-0.05, 0) is 17.9 Å². The molecule has 0 saturated carbocycles. The molecule has 2 heterocycles. The number of nitriles is 1. The Labute approximate surface area is 102 Å². The van der Waals surface area contributed by atoms with Crippen LogP contribution in [0, 0.1) is 11.3 Å². The summed E-state index contributed by atoms with van der Waals surface area (Å²) in [5.74, 6) is 0.488. The Morgan fingerprint density at radius 2 is 2.44 bits per heavy atom. The molecule has 1 unspecified atom stereocenters. The van der Waals surface area contributed by atoms with E-state index < -0.39 is 0 Å². The Morgan fingerprint density at radius 1 is 1.62 bits per heavy atom.